The third-order valence-electron chi connectivity index (χ3n) is 5.13. The first kappa shape index (κ1) is 23.3. The monoisotopic (exact) mass is 438 g/mol. The van der Waals surface area contributed by atoms with Gasteiger partial charge in [-0.1, -0.05) is 13.3 Å². The molecule has 8 heteroatoms. The van der Waals surface area contributed by atoms with Crippen LogP contribution in [0.3, 0.4) is 0 Å². The number of carbonyl (C=O) groups excluding carboxylic acids is 3. The van der Waals surface area contributed by atoms with Crippen LogP contribution in [-0.4, -0.2) is 62.0 Å². The van der Waals surface area contributed by atoms with Crippen LogP contribution in [0.1, 0.15) is 40.5 Å². The van der Waals surface area contributed by atoms with Crippen molar-refractivity contribution in [3.8, 4) is 0 Å². The summed E-state index contributed by atoms with van der Waals surface area (Å²) in [5.74, 6) is -0.341. The molecule has 1 saturated heterocycles. The third kappa shape index (κ3) is 6.81. The summed E-state index contributed by atoms with van der Waals surface area (Å²) in [5, 5.41) is 8.71. The molecular formula is C24H30N4O4. The zero-order valence-electron chi connectivity index (χ0n) is 18.4. The van der Waals surface area contributed by atoms with Crippen LogP contribution in [0.25, 0.3) is 0 Å². The van der Waals surface area contributed by atoms with Crippen molar-refractivity contribution in [2.75, 3.05) is 50.0 Å². The Morgan fingerprint density at radius 3 is 2.19 bits per heavy atom. The zero-order valence-corrected chi connectivity index (χ0v) is 18.4. The van der Waals surface area contributed by atoms with Gasteiger partial charge in [0.05, 0.1) is 19.8 Å². The molecule has 1 aliphatic heterocycles. The summed E-state index contributed by atoms with van der Waals surface area (Å²) in [4.78, 5) is 38.5. The molecule has 0 bridgehead atoms. The van der Waals surface area contributed by atoms with Crippen LogP contribution in [0, 0.1) is 0 Å². The molecule has 3 rings (SSSR count). The van der Waals surface area contributed by atoms with Gasteiger partial charge in [-0.05, 0) is 55.0 Å². The number of morpholine rings is 1. The van der Waals surface area contributed by atoms with Crippen molar-refractivity contribution in [1.29, 1.82) is 0 Å². The lowest BCUT2D eigenvalue weighted by Gasteiger charge is -2.26. The Kier molecular flexibility index (Phi) is 8.62. The van der Waals surface area contributed by atoms with E-state index in [1.807, 2.05) is 0 Å². The van der Waals surface area contributed by atoms with Crippen molar-refractivity contribution in [1.82, 2.24) is 10.2 Å². The maximum atomic E-state index is 12.5. The van der Waals surface area contributed by atoms with Gasteiger partial charge in [0, 0.05) is 42.1 Å². The molecule has 3 amide bonds. The molecule has 170 valence electrons. The molecule has 0 saturated carbocycles. The first-order valence-electron chi connectivity index (χ1n) is 11.0. The second kappa shape index (κ2) is 11.9. The zero-order chi connectivity index (χ0) is 22.8. The van der Waals surface area contributed by atoms with Crippen molar-refractivity contribution >= 4 is 29.1 Å². The Balaban J connectivity index is 1.44. The Labute approximate surface area is 188 Å². The Hall–Kier alpha value is -3.39. The molecule has 0 aliphatic carbocycles. The number of amides is 3. The number of nitrogens with zero attached hydrogens (tertiary/aromatic N) is 1. The molecule has 2 aromatic rings. The molecule has 1 heterocycles. The van der Waals surface area contributed by atoms with Crippen LogP contribution >= 0.6 is 0 Å². The van der Waals surface area contributed by atoms with Gasteiger partial charge in [-0.25, -0.2) is 0 Å². The molecule has 0 unspecified atom stereocenters. The quantitative estimate of drug-likeness (QED) is 0.523. The molecule has 1 aliphatic rings. The van der Waals surface area contributed by atoms with E-state index in [1.165, 1.54) is 0 Å². The molecule has 0 radical (unpaired) electrons. The third-order valence-corrected chi connectivity index (χ3v) is 5.13. The minimum atomic E-state index is -0.210. The number of unbranched alkanes of at least 4 members (excludes halogenated alkanes) is 1. The summed E-state index contributed by atoms with van der Waals surface area (Å²) in [6.07, 6.45) is 1.97. The molecule has 0 spiro atoms. The average Bonchev–Trinajstić information content (AvgIpc) is 2.84. The number of benzene rings is 2. The lowest BCUT2D eigenvalue weighted by atomic mass is 10.1. The Morgan fingerprint density at radius 2 is 1.53 bits per heavy atom. The van der Waals surface area contributed by atoms with Crippen LogP contribution in [-0.2, 0) is 9.53 Å². The maximum Gasteiger partial charge on any atom is 0.254 e. The number of rotatable bonds is 9. The fourth-order valence-electron chi connectivity index (χ4n) is 3.25. The topological polar surface area (TPSA) is 99.8 Å². The normalized spacial score (nSPS) is 13.3. The van der Waals surface area contributed by atoms with Gasteiger partial charge >= 0.3 is 0 Å². The fourth-order valence-corrected chi connectivity index (χ4v) is 3.25. The molecule has 0 atom stereocenters. The van der Waals surface area contributed by atoms with Gasteiger partial charge in [-0.15, -0.1) is 0 Å². The van der Waals surface area contributed by atoms with Crippen molar-refractivity contribution in [2.45, 2.75) is 19.8 Å². The molecule has 8 nitrogen and oxygen atoms in total. The first-order valence-corrected chi connectivity index (χ1v) is 11.0. The molecule has 32 heavy (non-hydrogen) atoms. The number of hydrogen-bond acceptors (Lipinski definition) is 5. The standard InChI is InChI=1S/C24H30N4O4/c1-2-3-12-25-23(30)18-4-10-21(11-5-18)27-22(29)17-26-20-8-6-19(7-9-20)24(31)28-13-15-32-16-14-28/h4-11,26H,2-3,12-17H2,1H3,(H,25,30)(H,27,29). The van der Waals surface area contributed by atoms with Crippen molar-refractivity contribution in [2.24, 2.45) is 0 Å². The van der Waals surface area contributed by atoms with Gasteiger partial charge < -0.3 is 25.6 Å². The predicted octanol–water partition coefficient (Wildman–Crippen LogP) is 2.74. The highest BCUT2D eigenvalue weighted by molar-refractivity contribution is 5.97. The van der Waals surface area contributed by atoms with E-state index in [1.54, 1.807) is 53.4 Å². The van der Waals surface area contributed by atoms with Crippen LogP contribution in [0.15, 0.2) is 48.5 Å². The highest BCUT2D eigenvalue weighted by Crippen LogP contribution is 2.13. The minimum absolute atomic E-state index is 0.0138. The van der Waals surface area contributed by atoms with E-state index in [2.05, 4.69) is 22.9 Å². The van der Waals surface area contributed by atoms with Crippen molar-refractivity contribution < 1.29 is 19.1 Å². The van der Waals surface area contributed by atoms with Gasteiger partial charge in [0.1, 0.15) is 0 Å². The van der Waals surface area contributed by atoms with Crippen LogP contribution in [0.5, 0.6) is 0 Å². The van der Waals surface area contributed by atoms with Crippen LogP contribution < -0.4 is 16.0 Å². The maximum absolute atomic E-state index is 12.5. The smallest absolute Gasteiger partial charge is 0.254 e. The van der Waals surface area contributed by atoms with Gasteiger partial charge in [0.15, 0.2) is 0 Å². The number of anilines is 2. The van der Waals surface area contributed by atoms with E-state index >= 15 is 0 Å². The van der Waals surface area contributed by atoms with Gasteiger partial charge in [-0.3, -0.25) is 14.4 Å². The summed E-state index contributed by atoms with van der Waals surface area (Å²) in [6, 6.07) is 13.9. The highest BCUT2D eigenvalue weighted by atomic mass is 16.5. The Bertz CT molecular complexity index is 907. The van der Waals surface area contributed by atoms with E-state index in [0.717, 1.165) is 18.5 Å². The van der Waals surface area contributed by atoms with Crippen LogP contribution in [0.4, 0.5) is 11.4 Å². The molecule has 1 fully saturated rings. The molecular weight excluding hydrogens is 408 g/mol. The van der Waals surface area contributed by atoms with Gasteiger partial charge in [0.2, 0.25) is 5.91 Å². The lowest BCUT2D eigenvalue weighted by molar-refractivity contribution is -0.114. The minimum Gasteiger partial charge on any atom is -0.378 e. The lowest BCUT2D eigenvalue weighted by Crippen LogP contribution is -2.40. The summed E-state index contributed by atoms with van der Waals surface area (Å²) in [5.41, 5.74) is 2.54. The first-order chi connectivity index (χ1) is 15.6. The Morgan fingerprint density at radius 1 is 0.906 bits per heavy atom. The largest absolute Gasteiger partial charge is 0.378 e. The van der Waals surface area contributed by atoms with E-state index < -0.39 is 0 Å². The summed E-state index contributed by atoms with van der Waals surface area (Å²) in [6.45, 7) is 5.14. The molecule has 0 aromatic heterocycles. The van der Waals surface area contributed by atoms with E-state index in [9.17, 15) is 14.4 Å². The molecule has 3 N–H and O–H groups in total. The second-order valence-corrected chi connectivity index (χ2v) is 7.57. The van der Waals surface area contributed by atoms with E-state index in [-0.39, 0.29) is 24.3 Å². The SMILES string of the molecule is CCCCNC(=O)c1ccc(NC(=O)CNc2ccc(C(=O)N3CCOCC3)cc2)cc1. The number of hydrogen-bond donors (Lipinski definition) is 3. The van der Waals surface area contributed by atoms with Crippen molar-refractivity contribution in [3.05, 3.63) is 59.7 Å². The fraction of sp³-hybridized carbons (Fsp3) is 0.375. The number of carbonyl (C=O) groups is 3. The predicted molar refractivity (Wildman–Crippen MR) is 124 cm³/mol. The number of ether oxygens (including phenoxy) is 1. The summed E-state index contributed by atoms with van der Waals surface area (Å²) < 4.78 is 5.28. The summed E-state index contributed by atoms with van der Waals surface area (Å²) in [7, 11) is 0. The van der Waals surface area contributed by atoms with Crippen molar-refractivity contribution in [3.63, 3.8) is 0 Å². The van der Waals surface area contributed by atoms with Gasteiger partial charge in [0.25, 0.3) is 11.8 Å². The molecule has 2 aromatic carbocycles. The summed E-state index contributed by atoms with van der Waals surface area (Å²) >= 11 is 0. The average molecular weight is 439 g/mol. The van der Waals surface area contributed by atoms with Gasteiger partial charge in [-0.2, -0.15) is 0 Å². The highest BCUT2D eigenvalue weighted by Gasteiger charge is 2.18. The van der Waals surface area contributed by atoms with E-state index in [0.29, 0.717) is 49.7 Å². The van der Waals surface area contributed by atoms with E-state index in [4.69, 9.17) is 4.74 Å². The van der Waals surface area contributed by atoms with Crippen LogP contribution in [0.2, 0.25) is 0 Å². The number of nitrogens with one attached hydrogen (secondary N) is 3. The second-order valence-electron chi connectivity index (χ2n) is 7.57.